The average molecular weight is 517 g/mol. The van der Waals surface area contributed by atoms with Crippen molar-refractivity contribution in [2.75, 3.05) is 11.1 Å². The minimum atomic E-state index is -4.49. The predicted molar refractivity (Wildman–Crippen MR) is 132 cm³/mol. The van der Waals surface area contributed by atoms with Gasteiger partial charge in [0.2, 0.25) is 5.91 Å². The van der Waals surface area contributed by atoms with Gasteiger partial charge in [-0.15, -0.1) is 10.2 Å². The molecule has 10 heteroatoms. The maximum Gasteiger partial charge on any atom is 0.416 e. The molecule has 0 aliphatic rings. The molecule has 5 nitrogen and oxygen atoms in total. The molecule has 0 saturated carbocycles. The van der Waals surface area contributed by atoms with Crippen LogP contribution in [0.25, 0.3) is 17.1 Å². The Hall–Kier alpha value is -3.30. The number of thioether (sulfide) groups is 1. The SMILES string of the molecule is Cc1ccc(-n2c(SCC(=O)Nc3cccc(C(F)(F)F)c3)nnc2-c2ccc(Cl)cc2)cc1C. The molecule has 1 amide bonds. The van der Waals surface area contributed by atoms with E-state index in [1.165, 1.54) is 12.1 Å². The van der Waals surface area contributed by atoms with Crippen LogP contribution >= 0.6 is 23.4 Å². The fourth-order valence-corrected chi connectivity index (χ4v) is 4.23. The first-order valence-corrected chi connectivity index (χ1v) is 11.9. The first-order chi connectivity index (χ1) is 16.6. The quantitative estimate of drug-likeness (QED) is 0.282. The highest BCUT2D eigenvalue weighted by molar-refractivity contribution is 7.99. The second-order valence-electron chi connectivity index (χ2n) is 7.83. The van der Waals surface area contributed by atoms with Crippen molar-refractivity contribution < 1.29 is 18.0 Å². The summed E-state index contributed by atoms with van der Waals surface area (Å²) >= 11 is 7.17. The van der Waals surface area contributed by atoms with Crippen LogP contribution in [0.3, 0.4) is 0 Å². The van der Waals surface area contributed by atoms with Crippen molar-refractivity contribution in [2.45, 2.75) is 25.2 Å². The lowest BCUT2D eigenvalue weighted by atomic mass is 10.1. The van der Waals surface area contributed by atoms with E-state index < -0.39 is 17.6 Å². The highest BCUT2D eigenvalue weighted by atomic mass is 35.5. The third-order valence-electron chi connectivity index (χ3n) is 5.29. The highest BCUT2D eigenvalue weighted by Gasteiger charge is 2.30. The maximum absolute atomic E-state index is 13.0. The van der Waals surface area contributed by atoms with E-state index in [0.29, 0.717) is 16.0 Å². The number of aromatic nitrogens is 3. The largest absolute Gasteiger partial charge is 0.416 e. The molecule has 0 unspecified atom stereocenters. The molecule has 0 aliphatic carbocycles. The highest BCUT2D eigenvalue weighted by Crippen LogP contribution is 2.32. The van der Waals surface area contributed by atoms with Gasteiger partial charge in [-0.1, -0.05) is 35.5 Å². The number of nitrogens with zero attached hydrogens (tertiary/aromatic N) is 3. The van der Waals surface area contributed by atoms with Crippen molar-refractivity contribution in [1.29, 1.82) is 0 Å². The van der Waals surface area contributed by atoms with E-state index in [4.69, 9.17) is 11.6 Å². The van der Waals surface area contributed by atoms with Crippen molar-refractivity contribution in [3.63, 3.8) is 0 Å². The van der Waals surface area contributed by atoms with E-state index in [-0.39, 0.29) is 11.4 Å². The summed E-state index contributed by atoms with van der Waals surface area (Å²) in [5, 5.41) is 12.2. The number of halogens is 4. The number of benzene rings is 3. The molecule has 0 aliphatic heterocycles. The Morgan fingerprint density at radius 1 is 1.00 bits per heavy atom. The van der Waals surface area contributed by atoms with Crippen LogP contribution in [0.5, 0.6) is 0 Å². The van der Waals surface area contributed by atoms with Crippen LogP contribution in [-0.2, 0) is 11.0 Å². The molecule has 0 radical (unpaired) electrons. The molecule has 3 aromatic carbocycles. The van der Waals surface area contributed by atoms with Gasteiger partial charge in [0.05, 0.1) is 17.0 Å². The minimum absolute atomic E-state index is 0.0696. The van der Waals surface area contributed by atoms with Crippen molar-refractivity contribution in [3.05, 3.63) is 88.4 Å². The molecule has 1 aromatic heterocycles. The monoisotopic (exact) mass is 516 g/mol. The summed E-state index contributed by atoms with van der Waals surface area (Å²) in [5.74, 6) is 0.0440. The second kappa shape index (κ2) is 10.1. The topological polar surface area (TPSA) is 59.8 Å². The summed E-state index contributed by atoms with van der Waals surface area (Å²) in [4.78, 5) is 12.5. The smallest absolute Gasteiger partial charge is 0.325 e. The zero-order valence-electron chi connectivity index (χ0n) is 18.7. The molecule has 0 bridgehead atoms. The Kier molecular flexibility index (Phi) is 7.18. The van der Waals surface area contributed by atoms with Crippen LogP contribution in [0.15, 0.2) is 71.9 Å². The first-order valence-electron chi connectivity index (χ1n) is 10.5. The van der Waals surface area contributed by atoms with Crippen molar-refractivity contribution in [1.82, 2.24) is 14.8 Å². The molecular formula is C25H20ClF3N4OS. The lowest BCUT2D eigenvalue weighted by Crippen LogP contribution is -2.15. The number of carbonyl (C=O) groups is 1. The molecule has 0 spiro atoms. The van der Waals surface area contributed by atoms with E-state index in [0.717, 1.165) is 46.3 Å². The Morgan fingerprint density at radius 3 is 2.43 bits per heavy atom. The second-order valence-corrected chi connectivity index (χ2v) is 9.21. The number of rotatable bonds is 6. The average Bonchev–Trinajstić information content (AvgIpc) is 3.23. The summed E-state index contributed by atoms with van der Waals surface area (Å²) < 4.78 is 40.7. The first kappa shape index (κ1) is 24.8. The van der Waals surface area contributed by atoms with Crippen molar-refractivity contribution >= 4 is 35.0 Å². The number of amides is 1. The minimum Gasteiger partial charge on any atom is -0.325 e. The molecule has 4 rings (SSSR count). The molecule has 0 saturated heterocycles. The van der Waals surface area contributed by atoms with Gasteiger partial charge in [-0.2, -0.15) is 13.2 Å². The number of alkyl halides is 3. The van der Waals surface area contributed by atoms with Crippen molar-refractivity contribution in [3.8, 4) is 17.1 Å². The van der Waals surface area contributed by atoms with E-state index in [9.17, 15) is 18.0 Å². The summed E-state index contributed by atoms with van der Waals surface area (Å²) in [6.07, 6.45) is -4.49. The molecule has 1 N–H and O–H groups in total. The van der Waals surface area contributed by atoms with Crippen LogP contribution in [0, 0.1) is 13.8 Å². The maximum atomic E-state index is 13.0. The molecule has 1 heterocycles. The van der Waals surface area contributed by atoms with Gasteiger partial charge in [0, 0.05) is 16.3 Å². The molecule has 4 aromatic rings. The van der Waals surface area contributed by atoms with Gasteiger partial charge < -0.3 is 5.32 Å². The summed E-state index contributed by atoms with van der Waals surface area (Å²) in [7, 11) is 0. The van der Waals surface area contributed by atoms with Crippen LogP contribution in [0.1, 0.15) is 16.7 Å². The predicted octanol–water partition coefficient (Wildman–Crippen LogP) is 6.95. The van der Waals surface area contributed by atoms with Gasteiger partial charge in [-0.05, 0) is 79.6 Å². The lowest BCUT2D eigenvalue weighted by molar-refractivity contribution is -0.137. The van der Waals surface area contributed by atoms with Crippen LogP contribution in [-0.4, -0.2) is 26.4 Å². The summed E-state index contributed by atoms with van der Waals surface area (Å²) in [6.45, 7) is 4.01. The summed E-state index contributed by atoms with van der Waals surface area (Å²) in [6, 6.07) is 17.6. The Bertz CT molecular complexity index is 1370. The van der Waals surface area contributed by atoms with Crippen LogP contribution in [0.4, 0.5) is 18.9 Å². The fourth-order valence-electron chi connectivity index (χ4n) is 3.35. The Balaban J connectivity index is 1.59. The molecule has 0 atom stereocenters. The van der Waals surface area contributed by atoms with Gasteiger partial charge in [-0.3, -0.25) is 9.36 Å². The fraction of sp³-hybridized carbons (Fsp3) is 0.160. The summed E-state index contributed by atoms with van der Waals surface area (Å²) in [5.41, 5.74) is 3.07. The molecule has 180 valence electrons. The molecule has 35 heavy (non-hydrogen) atoms. The number of hydrogen-bond donors (Lipinski definition) is 1. The van der Waals surface area contributed by atoms with Crippen LogP contribution in [0.2, 0.25) is 5.02 Å². The van der Waals surface area contributed by atoms with Gasteiger partial charge in [-0.25, -0.2) is 0 Å². The Labute approximate surface area is 209 Å². The Morgan fingerprint density at radius 2 is 1.74 bits per heavy atom. The van der Waals surface area contributed by atoms with E-state index in [1.54, 1.807) is 12.1 Å². The number of hydrogen-bond acceptors (Lipinski definition) is 4. The van der Waals surface area contributed by atoms with Crippen LogP contribution < -0.4 is 5.32 Å². The van der Waals surface area contributed by atoms with Gasteiger partial charge >= 0.3 is 6.18 Å². The van der Waals surface area contributed by atoms with Gasteiger partial charge in [0.25, 0.3) is 0 Å². The lowest BCUT2D eigenvalue weighted by Gasteiger charge is -2.13. The number of carbonyl (C=O) groups excluding carboxylic acids is 1. The third-order valence-corrected chi connectivity index (χ3v) is 6.47. The van der Waals surface area contributed by atoms with Crippen molar-refractivity contribution in [2.24, 2.45) is 0 Å². The third kappa shape index (κ3) is 5.86. The van der Waals surface area contributed by atoms with E-state index in [1.807, 2.05) is 48.7 Å². The van der Waals surface area contributed by atoms with Gasteiger partial charge in [0.1, 0.15) is 0 Å². The van der Waals surface area contributed by atoms with Gasteiger partial charge in [0.15, 0.2) is 11.0 Å². The number of anilines is 1. The van der Waals surface area contributed by atoms with E-state index >= 15 is 0 Å². The normalized spacial score (nSPS) is 11.5. The zero-order chi connectivity index (χ0) is 25.2. The van der Waals surface area contributed by atoms with E-state index in [2.05, 4.69) is 15.5 Å². The molecular weight excluding hydrogens is 497 g/mol. The number of nitrogens with one attached hydrogen (secondary N) is 1. The standard InChI is InChI=1S/C25H20ClF3N4OS/c1-15-6-11-21(12-16(15)2)33-23(17-7-9-19(26)10-8-17)31-32-24(33)35-14-22(34)30-20-5-3-4-18(13-20)25(27,28)29/h3-13H,14H2,1-2H3,(H,30,34). The molecule has 0 fully saturated rings. The number of aryl methyl sites for hydroxylation is 2. The zero-order valence-corrected chi connectivity index (χ0v) is 20.3.